The Morgan fingerprint density at radius 3 is 2.18 bits per heavy atom. The van der Waals surface area contributed by atoms with Crippen LogP contribution >= 0.6 is 0 Å². The molecule has 2 aliphatic heterocycles. The molecule has 3 aliphatic rings. The third-order valence-corrected chi connectivity index (χ3v) is 7.85. The summed E-state index contributed by atoms with van der Waals surface area (Å²) in [6, 6.07) is 20.0. The molecule has 0 radical (unpaired) electrons. The van der Waals surface area contributed by atoms with Gasteiger partial charge in [-0.25, -0.2) is 4.79 Å². The highest BCUT2D eigenvalue weighted by Crippen LogP contribution is 2.38. The first-order chi connectivity index (χ1) is 16.7. The van der Waals surface area contributed by atoms with Crippen molar-refractivity contribution >= 4 is 11.9 Å². The molecule has 5 heteroatoms. The Bertz CT molecular complexity index is 1010. The number of imide groups is 1. The molecule has 178 valence electrons. The number of carbonyl (C=O) groups is 2. The number of benzene rings is 2. The SMILES string of the molecule is O=C1N(Cc2ccccc2)C(=O)C2(CCN(C[C@H]3CC=CCC3)CC2)N1CCc1ccccc1. The maximum absolute atomic E-state index is 13.9. The molecule has 0 unspecified atom stereocenters. The highest BCUT2D eigenvalue weighted by atomic mass is 16.2. The van der Waals surface area contributed by atoms with Gasteiger partial charge >= 0.3 is 6.03 Å². The number of nitrogens with zero attached hydrogens (tertiary/aromatic N) is 3. The lowest BCUT2D eigenvalue weighted by atomic mass is 9.84. The number of likely N-dealkylation sites (tertiary alicyclic amines) is 1. The molecule has 0 aromatic heterocycles. The van der Waals surface area contributed by atoms with Crippen molar-refractivity contribution in [1.82, 2.24) is 14.7 Å². The molecule has 2 heterocycles. The van der Waals surface area contributed by atoms with Gasteiger partial charge in [0.15, 0.2) is 0 Å². The maximum Gasteiger partial charge on any atom is 0.328 e. The quantitative estimate of drug-likeness (QED) is 0.439. The Kier molecular flexibility index (Phi) is 6.82. The molecule has 2 aromatic rings. The van der Waals surface area contributed by atoms with E-state index in [0.29, 0.717) is 19.0 Å². The third-order valence-electron chi connectivity index (χ3n) is 7.85. The number of carbonyl (C=O) groups excluding carboxylic acids is 2. The molecule has 0 N–H and O–H groups in total. The lowest BCUT2D eigenvalue weighted by molar-refractivity contribution is -0.136. The third kappa shape index (κ3) is 4.67. The van der Waals surface area contributed by atoms with Gasteiger partial charge in [0.05, 0.1) is 6.54 Å². The molecule has 5 rings (SSSR count). The summed E-state index contributed by atoms with van der Waals surface area (Å²) in [4.78, 5) is 33.4. The van der Waals surface area contributed by atoms with Crippen LogP contribution in [0.25, 0.3) is 0 Å². The lowest BCUT2D eigenvalue weighted by Crippen LogP contribution is -2.57. The topological polar surface area (TPSA) is 43.9 Å². The fraction of sp³-hybridized carbons (Fsp3) is 0.448. The van der Waals surface area contributed by atoms with E-state index in [1.54, 1.807) is 0 Å². The fourth-order valence-electron chi connectivity index (χ4n) is 5.86. The maximum atomic E-state index is 13.9. The zero-order valence-electron chi connectivity index (χ0n) is 19.9. The molecule has 5 nitrogen and oxygen atoms in total. The summed E-state index contributed by atoms with van der Waals surface area (Å²) in [5, 5.41) is 0. The second-order valence-corrected chi connectivity index (χ2v) is 10.0. The number of rotatable bonds is 7. The van der Waals surface area contributed by atoms with Crippen molar-refractivity contribution in [3.05, 3.63) is 83.9 Å². The van der Waals surface area contributed by atoms with E-state index in [0.717, 1.165) is 50.9 Å². The number of piperidine rings is 1. The first-order valence-corrected chi connectivity index (χ1v) is 12.7. The first kappa shape index (κ1) is 22.9. The minimum absolute atomic E-state index is 0.00494. The van der Waals surface area contributed by atoms with Crippen LogP contribution in [0.2, 0.25) is 0 Å². The van der Waals surface area contributed by atoms with Crippen LogP contribution < -0.4 is 0 Å². The number of hydrogen-bond donors (Lipinski definition) is 0. The molecule has 1 spiro atoms. The average molecular weight is 458 g/mol. The molecule has 2 aromatic carbocycles. The van der Waals surface area contributed by atoms with E-state index in [1.807, 2.05) is 53.4 Å². The van der Waals surface area contributed by atoms with Gasteiger partial charge in [-0.3, -0.25) is 9.69 Å². The van der Waals surface area contributed by atoms with Gasteiger partial charge in [-0.05, 0) is 55.6 Å². The van der Waals surface area contributed by atoms with E-state index >= 15 is 0 Å². The number of hydrogen-bond acceptors (Lipinski definition) is 3. The number of allylic oxidation sites excluding steroid dienone is 2. The molecule has 0 bridgehead atoms. The van der Waals surface area contributed by atoms with Crippen LogP contribution in [0.5, 0.6) is 0 Å². The number of urea groups is 1. The molecule has 1 aliphatic carbocycles. The molecule has 2 saturated heterocycles. The molecule has 34 heavy (non-hydrogen) atoms. The van der Waals surface area contributed by atoms with Crippen molar-refractivity contribution in [1.29, 1.82) is 0 Å². The lowest BCUT2D eigenvalue weighted by Gasteiger charge is -2.43. The molecule has 2 fully saturated rings. The summed E-state index contributed by atoms with van der Waals surface area (Å²) < 4.78 is 0. The summed E-state index contributed by atoms with van der Waals surface area (Å²) in [6.45, 7) is 3.77. The highest BCUT2D eigenvalue weighted by molar-refractivity contribution is 6.07. The van der Waals surface area contributed by atoms with Gasteiger partial charge in [0.25, 0.3) is 5.91 Å². The summed E-state index contributed by atoms with van der Waals surface area (Å²) in [5.74, 6) is 0.707. The monoisotopic (exact) mass is 457 g/mol. The predicted octanol–water partition coefficient (Wildman–Crippen LogP) is 4.88. The molecular formula is C29H35N3O2. The van der Waals surface area contributed by atoms with Crippen molar-refractivity contribution in [3.8, 4) is 0 Å². The Hall–Kier alpha value is -2.92. The second kappa shape index (κ2) is 10.1. The van der Waals surface area contributed by atoms with Crippen LogP contribution in [-0.2, 0) is 17.8 Å². The van der Waals surface area contributed by atoms with Crippen LogP contribution in [0.15, 0.2) is 72.8 Å². The predicted molar refractivity (Wildman–Crippen MR) is 134 cm³/mol. The van der Waals surface area contributed by atoms with Crippen molar-refractivity contribution in [2.45, 2.75) is 50.6 Å². The average Bonchev–Trinajstić information content (AvgIpc) is 3.07. The molecule has 1 atom stereocenters. The van der Waals surface area contributed by atoms with Gasteiger partial charge in [-0.15, -0.1) is 0 Å². The summed E-state index contributed by atoms with van der Waals surface area (Å²) in [6.07, 6.45) is 10.4. The van der Waals surface area contributed by atoms with E-state index in [2.05, 4.69) is 29.2 Å². The Balaban J connectivity index is 1.33. The van der Waals surface area contributed by atoms with E-state index in [9.17, 15) is 9.59 Å². The van der Waals surface area contributed by atoms with Crippen LogP contribution in [-0.4, -0.2) is 58.4 Å². The molecular weight excluding hydrogens is 422 g/mol. The minimum atomic E-state index is -0.705. The summed E-state index contributed by atoms with van der Waals surface area (Å²) in [7, 11) is 0. The van der Waals surface area contributed by atoms with Crippen molar-refractivity contribution in [2.75, 3.05) is 26.2 Å². The van der Waals surface area contributed by atoms with E-state index < -0.39 is 5.54 Å². The zero-order chi connectivity index (χ0) is 23.4. The van der Waals surface area contributed by atoms with Crippen LogP contribution in [0.4, 0.5) is 4.79 Å². The fourth-order valence-corrected chi connectivity index (χ4v) is 5.86. The van der Waals surface area contributed by atoms with Crippen molar-refractivity contribution < 1.29 is 9.59 Å². The Morgan fingerprint density at radius 2 is 1.53 bits per heavy atom. The zero-order valence-corrected chi connectivity index (χ0v) is 19.9. The van der Waals surface area contributed by atoms with Crippen molar-refractivity contribution in [3.63, 3.8) is 0 Å². The summed E-state index contributed by atoms with van der Waals surface area (Å²) in [5.41, 5.74) is 1.48. The van der Waals surface area contributed by atoms with Crippen LogP contribution in [0, 0.1) is 5.92 Å². The smallest absolute Gasteiger partial charge is 0.309 e. The molecule has 0 saturated carbocycles. The van der Waals surface area contributed by atoms with Gasteiger partial charge in [-0.1, -0.05) is 72.8 Å². The second-order valence-electron chi connectivity index (χ2n) is 10.0. The standard InChI is InChI=1S/C29H35N3O2/c33-27-29(17-20-30(21-18-29)22-25-12-6-2-7-13-25)32(19-16-24-10-4-1-5-11-24)28(34)31(27)23-26-14-8-3-9-15-26/h1-6,8-11,14-15,25H,7,12-13,16-23H2/t25-/m0/s1. The molecule has 3 amide bonds. The van der Waals surface area contributed by atoms with E-state index in [1.165, 1.54) is 23.3 Å². The van der Waals surface area contributed by atoms with Gasteiger partial charge in [-0.2, -0.15) is 0 Å². The van der Waals surface area contributed by atoms with Crippen LogP contribution in [0.1, 0.15) is 43.2 Å². The van der Waals surface area contributed by atoms with Crippen molar-refractivity contribution in [2.24, 2.45) is 5.92 Å². The summed E-state index contributed by atoms with van der Waals surface area (Å²) >= 11 is 0. The minimum Gasteiger partial charge on any atom is -0.309 e. The first-order valence-electron chi connectivity index (χ1n) is 12.7. The van der Waals surface area contributed by atoms with E-state index in [-0.39, 0.29) is 11.9 Å². The van der Waals surface area contributed by atoms with Gasteiger partial charge in [0.1, 0.15) is 5.54 Å². The van der Waals surface area contributed by atoms with Crippen LogP contribution in [0.3, 0.4) is 0 Å². The van der Waals surface area contributed by atoms with Gasteiger partial charge in [0.2, 0.25) is 0 Å². The Morgan fingerprint density at radius 1 is 0.853 bits per heavy atom. The van der Waals surface area contributed by atoms with Gasteiger partial charge in [0, 0.05) is 26.2 Å². The highest BCUT2D eigenvalue weighted by Gasteiger charge is 2.57. The number of amides is 3. The normalized spacial score (nSPS) is 22.6. The Labute approximate surface area is 203 Å². The van der Waals surface area contributed by atoms with E-state index in [4.69, 9.17) is 0 Å². The van der Waals surface area contributed by atoms with Gasteiger partial charge < -0.3 is 9.80 Å². The largest absolute Gasteiger partial charge is 0.328 e.